The molecule has 1 aliphatic rings. The van der Waals surface area contributed by atoms with Crippen molar-refractivity contribution in [2.75, 3.05) is 13.2 Å². The molecule has 1 heterocycles. The molecule has 4 heteroatoms. The molecule has 0 aromatic heterocycles. The number of nitrogens with one attached hydrogen (secondary N) is 1. The van der Waals surface area contributed by atoms with E-state index in [0.717, 1.165) is 5.56 Å². The van der Waals surface area contributed by atoms with E-state index in [0.29, 0.717) is 19.6 Å². The topological polar surface area (TPSA) is 55.4 Å². The molecule has 0 saturated carbocycles. The number of ether oxygens (including phenoxy) is 1. The summed E-state index contributed by atoms with van der Waals surface area (Å²) in [5.74, 6) is -0.611. The van der Waals surface area contributed by atoms with Gasteiger partial charge in [0, 0.05) is 18.9 Å². The first kappa shape index (κ1) is 12.6. The Hall–Kier alpha value is -1.84. The van der Waals surface area contributed by atoms with Crippen LogP contribution < -0.4 is 5.32 Å². The highest BCUT2D eigenvalue weighted by atomic mass is 16.5. The monoisotopic (exact) mass is 247 g/mol. The van der Waals surface area contributed by atoms with E-state index in [1.807, 2.05) is 30.3 Å². The average Bonchev–Trinajstić information content (AvgIpc) is 2.40. The van der Waals surface area contributed by atoms with E-state index in [4.69, 9.17) is 4.74 Å². The number of hydrogen-bond acceptors (Lipinski definition) is 3. The van der Waals surface area contributed by atoms with Gasteiger partial charge in [-0.2, -0.15) is 0 Å². The number of carbonyl (C=O) groups excluding carboxylic acids is 2. The van der Waals surface area contributed by atoms with Crippen LogP contribution in [-0.4, -0.2) is 25.0 Å². The molecular weight excluding hydrogens is 230 g/mol. The summed E-state index contributed by atoms with van der Waals surface area (Å²) >= 11 is 0. The molecular formula is C14H17NO3. The Morgan fingerprint density at radius 2 is 2.11 bits per heavy atom. The van der Waals surface area contributed by atoms with E-state index in [2.05, 4.69) is 5.32 Å². The smallest absolute Gasteiger partial charge is 0.311 e. The molecule has 2 rings (SSSR count). The summed E-state index contributed by atoms with van der Waals surface area (Å²) in [7, 11) is 0. The molecule has 0 aliphatic carbocycles. The fourth-order valence-electron chi connectivity index (χ4n) is 2.33. The van der Waals surface area contributed by atoms with E-state index < -0.39 is 0 Å². The Morgan fingerprint density at radius 1 is 1.39 bits per heavy atom. The molecule has 0 radical (unpaired) electrons. The number of hydrogen-bond donors (Lipinski definition) is 1. The molecule has 18 heavy (non-hydrogen) atoms. The quantitative estimate of drug-likeness (QED) is 0.823. The molecule has 1 aromatic rings. The second kappa shape index (κ2) is 5.67. The predicted octanol–water partition coefficient (Wildman–Crippen LogP) is 1.47. The second-order valence-corrected chi connectivity index (χ2v) is 4.38. The Bertz CT molecular complexity index is 430. The number of piperidine rings is 1. The maximum atomic E-state index is 11.9. The summed E-state index contributed by atoms with van der Waals surface area (Å²) in [5.41, 5.74) is 1.02. The lowest BCUT2D eigenvalue weighted by atomic mass is 9.81. The molecule has 1 aromatic carbocycles. The molecule has 1 saturated heterocycles. The van der Waals surface area contributed by atoms with Crippen LogP contribution in [-0.2, 0) is 14.3 Å². The van der Waals surface area contributed by atoms with Gasteiger partial charge in [0.05, 0.1) is 12.5 Å². The standard InChI is InChI=1S/C14H17NO3/c1-2-18-14(17)12-9-15-13(16)8-11(12)10-6-4-3-5-7-10/h3-7,11-12H,2,8-9H2,1H3,(H,15,16)/t11-,12+/m1/s1. The fourth-order valence-corrected chi connectivity index (χ4v) is 2.33. The van der Waals surface area contributed by atoms with E-state index in [1.54, 1.807) is 6.92 Å². The van der Waals surface area contributed by atoms with Crippen molar-refractivity contribution in [3.05, 3.63) is 35.9 Å². The molecule has 1 aliphatic heterocycles. The van der Waals surface area contributed by atoms with E-state index in [9.17, 15) is 9.59 Å². The zero-order chi connectivity index (χ0) is 13.0. The van der Waals surface area contributed by atoms with Crippen molar-refractivity contribution in [3.8, 4) is 0 Å². The number of rotatable bonds is 3. The second-order valence-electron chi connectivity index (χ2n) is 4.38. The van der Waals surface area contributed by atoms with Crippen LogP contribution in [0.25, 0.3) is 0 Å². The zero-order valence-corrected chi connectivity index (χ0v) is 10.4. The van der Waals surface area contributed by atoms with Crippen LogP contribution in [0.5, 0.6) is 0 Å². The number of carbonyl (C=O) groups is 2. The van der Waals surface area contributed by atoms with Crippen LogP contribution in [0.3, 0.4) is 0 Å². The molecule has 0 spiro atoms. The Kier molecular flexibility index (Phi) is 3.97. The molecule has 4 nitrogen and oxygen atoms in total. The fraction of sp³-hybridized carbons (Fsp3) is 0.429. The van der Waals surface area contributed by atoms with Gasteiger partial charge in [0.25, 0.3) is 0 Å². The van der Waals surface area contributed by atoms with Crippen molar-refractivity contribution >= 4 is 11.9 Å². The van der Waals surface area contributed by atoms with E-state index >= 15 is 0 Å². The van der Waals surface area contributed by atoms with Gasteiger partial charge in [0.2, 0.25) is 5.91 Å². The Morgan fingerprint density at radius 3 is 2.78 bits per heavy atom. The minimum atomic E-state index is -0.287. The third kappa shape index (κ3) is 2.70. The van der Waals surface area contributed by atoms with Gasteiger partial charge in [-0.3, -0.25) is 9.59 Å². The maximum Gasteiger partial charge on any atom is 0.311 e. The summed E-state index contributed by atoms with van der Waals surface area (Å²) in [6, 6.07) is 9.67. The lowest BCUT2D eigenvalue weighted by molar-refractivity contribution is -0.150. The van der Waals surface area contributed by atoms with Crippen molar-refractivity contribution < 1.29 is 14.3 Å². The van der Waals surface area contributed by atoms with Crippen molar-refractivity contribution in [2.45, 2.75) is 19.3 Å². The van der Waals surface area contributed by atoms with E-state index in [1.165, 1.54) is 0 Å². The van der Waals surface area contributed by atoms with Crippen molar-refractivity contribution in [2.24, 2.45) is 5.92 Å². The van der Waals surface area contributed by atoms with E-state index in [-0.39, 0.29) is 23.7 Å². The molecule has 1 N–H and O–H groups in total. The van der Waals surface area contributed by atoms with Gasteiger partial charge in [-0.05, 0) is 12.5 Å². The number of amides is 1. The third-order valence-electron chi connectivity index (χ3n) is 3.23. The third-order valence-corrected chi connectivity index (χ3v) is 3.23. The van der Waals surface area contributed by atoms with Crippen molar-refractivity contribution in [3.63, 3.8) is 0 Å². The lowest BCUT2D eigenvalue weighted by Gasteiger charge is -2.30. The molecule has 2 atom stereocenters. The highest BCUT2D eigenvalue weighted by Gasteiger charge is 2.36. The predicted molar refractivity (Wildman–Crippen MR) is 66.9 cm³/mol. The summed E-state index contributed by atoms with van der Waals surface area (Å²) in [6.45, 7) is 2.51. The maximum absolute atomic E-state index is 11.9. The van der Waals surface area contributed by atoms with Crippen LogP contribution in [0.15, 0.2) is 30.3 Å². The molecule has 1 fully saturated rings. The first-order chi connectivity index (χ1) is 8.72. The first-order valence-corrected chi connectivity index (χ1v) is 6.20. The lowest BCUT2D eigenvalue weighted by Crippen LogP contribution is -2.43. The summed E-state index contributed by atoms with van der Waals surface area (Å²) in [4.78, 5) is 23.4. The summed E-state index contributed by atoms with van der Waals surface area (Å²) in [5, 5.41) is 2.73. The van der Waals surface area contributed by atoms with Crippen molar-refractivity contribution in [1.29, 1.82) is 0 Å². The minimum Gasteiger partial charge on any atom is -0.466 e. The average molecular weight is 247 g/mol. The van der Waals surface area contributed by atoms with Gasteiger partial charge in [0.15, 0.2) is 0 Å². The van der Waals surface area contributed by atoms with Crippen molar-refractivity contribution in [1.82, 2.24) is 5.32 Å². The van der Waals surface area contributed by atoms with Gasteiger partial charge < -0.3 is 10.1 Å². The minimum absolute atomic E-state index is 0.00981. The van der Waals surface area contributed by atoms with Gasteiger partial charge in [-0.1, -0.05) is 30.3 Å². The van der Waals surface area contributed by atoms with Crippen LogP contribution in [0, 0.1) is 5.92 Å². The van der Waals surface area contributed by atoms with Crippen LogP contribution in [0.2, 0.25) is 0 Å². The highest BCUT2D eigenvalue weighted by molar-refractivity contribution is 5.83. The van der Waals surface area contributed by atoms with Crippen LogP contribution in [0.4, 0.5) is 0 Å². The van der Waals surface area contributed by atoms with Gasteiger partial charge in [-0.15, -0.1) is 0 Å². The summed E-state index contributed by atoms with van der Waals surface area (Å²) < 4.78 is 5.08. The van der Waals surface area contributed by atoms with Gasteiger partial charge in [-0.25, -0.2) is 0 Å². The molecule has 0 unspecified atom stereocenters. The first-order valence-electron chi connectivity index (χ1n) is 6.20. The van der Waals surface area contributed by atoms with Gasteiger partial charge >= 0.3 is 5.97 Å². The largest absolute Gasteiger partial charge is 0.466 e. The number of benzene rings is 1. The highest BCUT2D eigenvalue weighted by Crippen LogP contribution is 2.31. The summed E-state index contributed by atoms with van der Waals surface area (Å²) in [6.07, 6.45) is 0.341. The van der Waals surface area contributed by atoms with Crippen LogP contribution >= 0.6 is 0 Å². The van der Waals surface area contributed by atoms with Crippen LogP contribution in [0.1, 0.15) is 24.8 Å². The van der Waals surface area contributed by atoms with Gasteiger partial charge in [0.1, 0.15) is 0 Å². The SMILES string of the molecule is CCOC(=O)[C@H]1CNC(=O)C[C@@H]1c1ccccc1. The molecule has 96 valence electrons. The Labute approximate surface area is 106 Å². The number of esters is 1. The zero-order valence-electron chi connectivity index (χ0n) is 10.4. The Balaban J connectivity index is 2.21. The normalized spacial score (nSPS) is 23.3. The molecule has 0 bridgehead atoms. The molecule has 1 amide bonds.